The second kappa shape index (κ2) is 4.98. The predicted molar refractivity (Wildman–Crippen MR) is 44.6 cm³/mol. The van der Waals surface area contributed by atoms with Crippen LogP contribution in [-0.2, 0) is 0 Å². The average molecular weight is 392 g/mol. The molecule has 0 aliphatic heterocycles. The summed E-state index contributed by atoms with van der Waals surface area (Å²) in [5.74, 6) is 0. The van der Waals surface area contributed by atoms with Gasteiger partial charge in [-0.3, -0.25) is 7.05 Å². The predicted octanol–water partition coefficient (Wildman–Crippen LogP) is 2.62. The van der Waals surface area contributed by atoms with Crippen molar-refractivity contribution < 1.29 is 31.1 Å². The molecule has 0 aliphatic rings. The molecular weight excluding hydrogens is 384 g/mol. The Balaban J connectivity index is 0.000001000. The van der Waals surface area contributed by atoms with Crippen LogP contribution in [0.1, 0.15) is 5.56 Å². The van der Waals surface area contributed by atoms with Gasteiger partial charge in [-0.15, -0.1) is 6.07 Å². The van der Waals surface area contributed by atoms with Crippen molar-refractivity contribution in [2.45, 2.75) is 0 Å². The SMILES string of the molecule is [CH2-]c1ccccc1N([CH2-])Cl.[U+2]. The molecule has 1 rings (SSSR count). The fourth-order valence-corrected chi connectivity index (χ4v) is 0.912. The molecule has 1 aromatic rings. The van der Waals surface area contributed by atoms with Crippen molar-refractivity contribution in [3.05, 3.63) is 43.8 Å². The van der Waals surface area contributed by atoms with Crippen molar-refractivity contribution in [3.63, 3.8) is 0 Å². The number of para-hydroxylation sites is 1. The van der Waals surface area contributed by atoms with Gasteiger partial charge in [0.1, 0.15) is 0 Å². The van der Waals surface area contributed by atoms with E-state index in [0.717, 1.165) is 11.3 Å². The van der Waals surface area contributed by atoms with Crippen LogP contribution < -0.4 is 4.42 Å². The molecule has 0 aliphatic carbocycles. The van der Waals surface area contributed by atoms with Crippen LogP contribution >= 0.6 is 11.8 Å². The third kappa shape index (κ3) is 2.99. The minimum Gasteiger partial charge on any atom is -0.491 e. The summed E-state index contributed by atoms with van der Waals surface area (Å²) >= 11 is 5.59. The minimum atomic E-state index is 0. The molecule has 0 radical (unpaired) electrons. The summed E-state index contributed by atoms with van der Waals surface area (Å²) < 4.78 is 1.28. The smallest absolute Gasteiger partial charge is 0.491 e. The Morgan fingerprint density at radius 1 is 1.27 bits per heavy atom. The van der Waals surface area contributed by atoms with Crippen LogP contribution in [0, 0.1) is 45.1 Å². The Morgan fingerprint density at radius 3 is 2.18 bits per heavy atom. The first-order valence-corrected chi connectivity index (χ1v) is 3.23. The van der Waals surface area contributed by atoms with Gasteiger partial charge in [0.05, 0.1) is 0 Å². The molecule has 0 spiro atoms. The Kier molecular flexibility index (Phi) is 5.09. The molecule has 0 saturated carbocycles. The van der Waals surface area contributed by atoms with E-state index in [0.29, 0.717) is 0 Å². The summed E-state index contributed by atoms with van der Waals surface area (Å²) in [7, 11) is 3.53. The molecule has 56 valence electrons. The van der Waals surface area contributed by atoms with Crippen LogP contribution in [0.5, 0.6) is 0 Å². The van der Waals surface area contributed by atoms with E-state index in [1.165, 1.54) is 4.42 Å². The number of nitrogens with zero attached hydrogens (tertiary/aromatic N) is 1. The van der Waals surface area contributed by atoms with Crippen molar-refractivity contribution in [3.8, 4) is 0 Å². The van der Waals surface area contributed by atoms with Crippen LogP contribution in [0.25, 0.3) is 0 Å². The summed E-state index contributed by atoms with van der Waals surface area (Å²) in [5, 5.41) is 0. The third-order valence-corrected chi connectivity index (χ3v) is 1.44. The van der Waals surface area contributed by atoms with Crippen LogP contribution in [0.2, 0.25) is 0 Å². The van der Waals surface area contributed by atoms with E-state index in [-0.39, 0.29) is 31.1 Å². The summed E-state index contributed by atoms with van der Waals surface area (Å²) in [5.41, 5.74) is 1.72. The molecule has 0 bridgehead atoms. The molecule has 0 N–H and O–H groups in total. The molecule has 0 saturated heterocycles. The second-order valence-corrected chi connectivity index (χ2v) is 2.40. The first-order chi connectivity index (χ1) is 4.72. The molecule has 0 aromatic heterocycles. The summed E-state index contributed by atoms with van der Waals surface area (Å²) in [6, 6.07) is 7.55. The summed E-state index contributed by atoms with van der Waals surface area (Å²) in [6.07, 6.45) is 0. The molecular formula is C8H8ClNU. The molecule has 1 nitrogen and oxygen atoms in total. The first-order valence-electron chi connectivity index (χ1n) is 2.89. The van der Waals surface area contributed by atoms with Gasteiger partial charge < -0.3 is 4.42 Å². The standard InChI is InChI=1S/C8H8ClN.U/c1-7-5-3-4-6-8(7)10(2)9;/h3-6H,1-2H2;/q-2;+2. The van der Waals surface area contributed by atoms with Crippen LogP contribution in [0.3, 0.4) is 0 Å². The van der Waals surface area contributed by atoms with Gasteiger partial charge in [-0.25, -0.2) is 0 Å². The van der Waals surface area contributed by atoms with Gasteiger partial charge in [-0.2, -0.15) is 18.6 Å². The summed E-state index contributed by atoms with van der Waals surface area (Å²) in [4.78, 5) is 0. The van der Waals surface area contributed by atoms with Crippen LogP contribution in [0.4, 0.5) is 5.69 Å². The van der Waals surface area contributed by atoms with Gasteiger partial charge in [-0.05, 0) is 11.8 Å². The van der Waals surface area contributed by atoms with Gasteiger partial charge >= 0.3 is 31.1 Å². The van der Waals surface area contributed by atoms with Gasteiger partial charge in [0.2, 0.25) is 0 Å². The number of hydrogen-bond acceptors (Lipinski definition) is 1. The molecule has 0 unspecified atom stereocenters. The second-order valence-electron chi connectivity index (χ2n) is 1.99. The Bertz CT molecular complexity index is 225. The molecule has 3 heteroatoms. The largest absolute Gasteiger partial charge is 2.00 e. The maximum atomic E-state index is 5.59. The number of rotatable bonds is 1. The van der Waals surface area contributed by atoms with Crippen molar-refractivity contribution in [2.24, 2.45) is 0 Å². The fraction of sp³-hybridized carbons (Fsp3) is 0. The molecule has 1 aromatic carbocycles. The molecule has 0 fully saturated rings. The van der Waals surface area contributed by atoms with E-state index >= 15 is 0 Å². The first kappa shape index (κ1) is 11.2. The zero-order chi connectivity index (χ0) is 7.56. The van der Waals surface area contributed by atoms with Crippen molar-refractivity contribution in [2.75, 3.05) is 4.42 Å². The normalized spacial score (nSPS) is 8.55. The van der Waals surface area contributed by atoms with Gasteiger partial charge in [0.15, 0.2) is 0 Å². The molecule has 0 heterocycles. The van der Waals surface area contributed by atoms with Crippen molar-refractivity contribution >= 4 is 17.5 Å². The van der Waals surface area contributed by atoms with Crippen molar-refractivity contribution in [1.29, 1.82) is 0 Å². The monoisotopic (exact) mass is 391 g/mol. The quantitative estimate of drug-likeness (QED) is 0.525. The van der Waals surface area contributed by atoms with Gasteiger partial charge in [-0.1, -0.05) is 17.8 Å². The Labute approximate surface area is 96.2 Å². The molecule has 0 atom stereocenters. The number of halogens is 1. The van der Waals surface area contributed by atoms with Crippen LogP contribution in [0.15, 0.2) is 24.3 Å². The molecule has 11 heavy (non-hydrogen) atoms. The zero-order valence-electron chi connectivity index (χ0n) is 6.05. The number of hydrogen-bond donors (Lipinski definition) is 0. The average Bonchev–Trinajstić information content (AvgIpc) is 1.88. The van der Waals surface area contributed by atoms with E-state index < -0.39 is 0 Å². The summed E-state index contributed by atoms with van der Waals surface area (Å²) in [6.45, 7) is 3.78. The van der Waals surface area contributed by atoms with E-state index in [2.05, 4.69) is 14.0 Å². The number of benzene rings is 1. The maximum absolute atomic E-state index is 5.59. The maximum Gasteiger partial charge on any atom is 2.00 e. The topological polar surface area (TPSA) is 3.24 Å². The van der Waals surface area contributed by atoms with Gasteiger partial charge in [0.25, 0.3) is 0 Å². The van der Waals surface area contributed by atoms with E-state index in [9.17, 15) is 0 Å². The Morgan fingerprint density at radius 2 is 1.82 bits per heavy atom. The van der Waals surface area contributed by atoms with Gasteiger partial charge in [0, 0.05) is 0 Å². The Hall–Kier alpha value is 0.232. The zero-order valence-corrected chi connectivity index (χ0v) is 11.0. The van der Waals surface area contributed by atoms with Crippen molar-refractivity contribution in [1.82, 2.24) is 0 Å². The minimum absolute atomic E-state index is 0. The van der Waals surface area contributed by atoms with E-state index in [1.54, 1.807) is 0 Å². The van der Waals surface area contributed by atoms with Crippen LogP contribution in [-0.4, -0.2) is 0 Å². The number of anilines is 1. The van der Waals surface area contributed by atoms with E-state index in [1.807, 2.05) is 24.3 Å². The third-order valence-electron chi connectivity index (χ3n) is 1.25. The fourth-order valence-electron chi connectivity index (χ4n) is 0.748. The molecule has 0 amide bonds. The van der Waals surface area contributed by atoms with E-state index in [4.69, 9.17) is 11.8 Å².